The van der Waals surface area contributed by atoms with E-state index in [1.54, 1.807) is 0 Å². The van der Waals surface area contributed by atoms with Gasteiger partial charge < -0.3 is 5.73 Å². The molecular formula is C9H10FN. The van der Waals surface area contributed by atoms with Gasteiger partial charge in [0.15, 0.2) is 0 Å². The number of nitrogen functional groups attached to an aromatic ring is 1. The molecule has 0 bridgehead atoms. The summed E-state index contributed by atoms with van der Waals surface area (Å²) in [4.78, 5) is 0. The normalized spacial score (nSPS) is 21.7. The molecule has 2 rings (SSSR count). The Hall–Kier alpha value is -1.05. The third-order valence-electron chi connectivity index (χ3n) is 2.23. The van der Waals surface area contributed by atoms with Crippen LogP contribution in [0.3, 0.4) is 0 Å². The molecule has 0 aromatic heterocycles. The summed E-state index contributed by atoms with van der Waals surface area (Å²) in [6.07, 6.45) is 0.612. The van der Waals surface area contributed by atoms with Crippen LogP contribution in [0.4, 0.5) is 10.1 Å². The van der Waals surface area contributed by atoms with E-state index in [1.165, 1.54) is 0 Å². The molecule has 58 valence electrons. The van der Waals surface area contributed by atoms with Gasteiger partial charge in [-0.1, -0.05) is 12.1 Å². The summed E-state index contributed by atoms with van der Waals surface area (Å²) in [5.74, 6) is 0. The fourth-order valence-corrected chi connectivity index (χ4v) is 1.63. The Morgan fingerprint density at radius 3 is 3.00 bits per heavy atom. The molecule has 1 aromatic rings. The first-order chi connectivity index (χ1) is 5.29. The van der Waals surface area contributed by atoms with E-state index in [-0.39, 0.29) is 0 Å². The van der Waals surface area contributed by atoms with Gasteiger partial charge in [-0.05, 0) is 30.0 Å². The number of alkyl halides is 1. The molecule has 11 heavy (non-hydrogen) atoms. The van der Waals surface area contributed by atoms with Crippen molar-refractivity contribution in [3.05, 3.63) is 29.3 Å². The third-order valence-corrected chi connectivity index (χ3v) is 2.23. The maximum Gasteiger partial charge on any atom is 0.126 e. The quantitative estimate of drug-likeness (QED) is 0.565. The molecular weight excluding hydrogens is 141 g/mol. The van der Waals surface area contributed by atoms with Gasteiger partial charge in [0.1, 0.15) is 6.17 Å². The average molecular weight is 151 g/mol. The summed E-state index contributed by atoms with van der Waals surface area (Å²) >= 11 is 0. The Morgan fingerprint density at radius 2 is 2.27 bits per heavy atom. The topological polar surface area (TPSA) is 26.0 Å². The van der Waals surface area contributed by atoms with Crippen molar-refractivity contribution in [3.8, 4) is 0 Å². The molecule has 0 radical (unpaired) electrons. The second-order valence-electron chi connectivity index (χ2n) is 2.92. The van der Waals surface area contributed by atoms with Gasteiger partial charge in [0.05, 0.1) is 0 Å². The molecule has 1 unspecified atom stereocenters. The van der Waals surface area contributed by atoms with Crippen molar-refractivity contribution in [3.63, 3.8) is 0 Å². The van der Waals surface area contributed by atoms with Crippen LogP contribution in [0.25, 0.3) is 0 Å². The number of hydrogen-bond donors (Lipinski definition) is 1. The lowest BCUT2D eigenvalue weighted by atomic mass is 10.1. The van der Waals surface area contributed by atoms with Gasteiger partial charge in [-0.15, -0.1) is 0 Å². The van der Waals surface area contributed by atoms with E-state index >= 15 is 0 Å². The van der Waals surface area contributed by atoms with Crippen LogP contribution >= 0.6 is 0 Å². The van der Waals surface area contributed by atoms with E-state index in [9.17, 15) is 4.39 Å². The number of anilines is 1. The predicted octanol–water partition coefficient (Wildman–Crippen LogP) is 2.23. The first-order valence-electron chi connectivity index (χ1n) is 3.80. The predicted molar refractivity (Wildman–Crippen MR) is 43.0 cm³/mol. The first kappa shape index (κ1) is 6.65. The van der Waals surface area contributed by atoms with Crippen LogP contribution in [-0.2, 0) is 6.42 Å². The molecule has 0 heterocycles. The lowest BCUT2D eigenvalue weighted by Crippen LogP contribution is -1.92. The first-order valence-corrected chi connectivity index (χ1v) is 3.80. The maximum atomic E-state index is 13.0. The zero-order valence-corrected chi connectivity index (χ0v) is 6.18. The minimum absolute atomic E-state index is 0.601. The highest BCUT2D eigenvalue weighted by Gasteiger charge is 2.22. The second kappa shape index (κ2) is 2.22. The van der Waals surface area contributed by atoms with E-state index in [4.69, 9.17) is 5.73 Å². The van der Waals surface area contributed by atoms with Crippen LogP contribution in [0.15, 0.2) is 18.2 Å². The van der Waals surface area contributed by atoms with Gasteiger partial charge in [0.2, 0.25) is 0 Å². The van der Waals surface area contributed by atoms with Gasteiger partial charge in [-0.2, -0.15) is 0 Å². The highest BCUT2D eigenvalue weighted by molar-refractivity contribution is 5.53. The summed E-state index contributed by atoms with van der Waals surface area (Å²) in [7, 11) is 0. The molecule has 1 atom stereocenters. The Balaban J connectivity index is 2.57. The molecule has 1 aliphatic carbocycles. The molecule has 2 N–H and O–H groups in total. The third kappa shape index (κ3) is 0.897. The van der Waals surface area contributed by atoms with E-state index in [1.807, 2.05) is 18.2 Å². The fraction of sp³-hybridized carbons (Fsp3) is 0.333. The highest BCUT2D eigenvalue weighted by atomic mass is 19.1. The lowest BCUT2D eigenvalue weighted by Gasteiger charge is -2.02. The van der Waals surface area contributed by atoms with E-state index in [0.29, 0.717) is 6.42 Å². The molecule has 0 fully saturated rings. The number of fused-ring (bicyclic) bond motifs is 1. The second-order valence-corrected chi connectivity index (χ2v) is 2.92. The largest absolute Gasteiger partial charge is 0.398 e. The summed E-state index contributed by atoms with van der Waals surface area (Å²) in [6, 6.07) is 5.46. The van der Waals surface area contributed by atoms with Gasteiger partial charge >= 0.3 is 0 Å². The number of rotatable bonds is 0. The maximum absolute atomic E-state index is 13.0. The van der Waals surface area contributed by atoms with Crippen LogP contribution in [0.1, 0.15) is 23.7 Å². The summed E-state index contributed by atoms with van der Waals surface area (Å²) < 4.78 is 13.0. The van der Waals surface area contributed by atoms with Gasteiger partial charge in [-0.3, -0.25) is 0 Å². The van der Waals surface area contributed by atoms with Crippen LogP contribution in [0.5, 0.6) is 0 Å². The number of benzene rings is 1. The van der Waals surface area contributed by atoms with Crippen LogP contribution in [0, 0.1) is 0 Å². The number of nitrogens with two attached hydrogens (primary N) is 1. The highest BCUT2D eigenvalue weighted by Crippen LogP contribution is 2.36. The molecule has 0 aliphatic heterocycles. The van der Waals surface area contributed by atoms with Crippen molar-refractivity contribution in [2.45, 2.75) is 19.0 Å². The van der Waals surface area contributed by atoms with E-state index in [2.05, 4.69) is 0 Å². The molecule has 0 saturated heterocycles. The van der Waals surface area contributed by atoms with Crippen LogP contribution < -0.4 is 5.73 Å². The summed E-state index contributed by atoms with van der Waals surface area (Å²) in [5, 5.41) is 0. The Morgan fingerprint density at radius 1 is 1.45 bits per heavy atom. The Kier molecular flexibility index (Phi) is 1.34. The zero-order valence-electron chi connectivity index (χ0n) is 6.18. The Bertz CT molecular complexity index is 283. The standard InChI is InChI=1S/C9H10FN/c10-8-5-4-7-6(8)2-1-3-9(7)11/h1-3,8H,4-5,11H2. The smallest absolute Gasteiger partial charge is 0.126 e. The van der Waals surface area contributed by atoms with Crippen molar-refractivity contribution < 1.29 is 4.39 Å². The van der Waals surface area contributed by atoms with Gasteiger partial charge in [-0.25, -0.2) is 4.39 Å². The van der Waals surface area contributed by atoms with Crippen molar-refractivity contribution in [1.82, 2.24) is 0 Å². The van der Waals surface area contributed by atoms with E-state index in [0.717, 1.165) is 23.2 Å². The van der Waals surface area contributed by atoms with E-state index < -0.39 is 6.17 Å². The summed E-state index contributed by atoms with van der Waals surface area (Å²) in [5.41, 5.74) is 8.22. The van der Waals surface area contributed by atoms with Crippen LogP contribution in [-0.4, -0.2) is 0 Å². The number of halogens is 1. The molecule has 0 saturated carbocycles. The SMILES string of the molecule is Nc1cccc2c1CCC2F. The minimum atomic E-state index is -0.784. The fourth-order valence-electron chi connectivity index (χ4n) is 1.63. The van der Waals surface area contributed by atoms with Crippen molar-refractivity contribution in [2.24, 2.45) is 0 Å². The molecule has 0 amide bonds. The number of hydrogen-bond acceptors (Lipinski definition) is 1. The monoisotopic (exact) mass is 151 g/mol. The summed E-state index contributed by atoms with van der Waals surface area (Å²) in [6.45, 7) is 0. The van der Waals surface area contributed by atoms with Crippen molar-refractivity contribution >= 4 is 5.69 Å². The zero-order chi connectivity index (χ0) is 7.84. The average Bonchev–Trinajstić information content (AvgIpc) is 2.35. The Labute approximate surface area is 65.0 Å². The molecule has 1 nitrogen and oxygen atoms in total. The lowest BCUT2D eigenvalue weighted by molar-refractivity contribution is 0.344. The molecule has 1 aromatic carbocycles. The van der Waals surface area contributed by atoms with Crippen molar-refractivity contribution in [2.75, 3.05) is 5.73 Å². The molecule has 2 heteroatoms. The molecule has 0 spiro atoms. The molecule has 1 aliphatic rings. The van der Waals surface area contributed by atoms with Gasteiger partial charge in [0, 0.05) is 5.69 Å². The van der Waals surface area contributed by atoms with Gasteiger partial charge in [0.25, 0.3) is 0 Å². The van der Waals surface area contributed by atoms with Crippen LogP contribution in [0.2, 0.25) is 0 Å². The van der Waals surface area contributed by atoms with Crippen molar-refractivity contribution in [1.29, 1.82) is 0 Å². The minimum Gasteiger partial charge on any atom is -0.398 e.